The minimum Gasteiger partial charge on any atom is -0.356 e. The summed E-state index contributed by atoms with van der Waals surface area (Å²) >= 11 is 0. The lowest BCUT2D eigenvalue weighted by Crippen LogP contribution is -2.44. The van der Waals surface area contributed by atoms with Gasteiger partial charge in [0.1, 0.15) is 12.1 Å². The summed E-state index contributed by atoms with van der Waals surface area (Å²) in [5, 5.41) is 3.93. The number of aromatic amines is 1. The van der Waals surface area contributed by atoms with Gasteiger partial charge in [-0.3, -0.25) is 14.5 Å². The molecular weight excluding hydrogens is 464 g/mol. The van der Waals surface area contributed by atoms with Crippen LogP contribution in [-0.4, -0.2) is 40.3 Å². The molecule has 0 radical (unpaired) electrons. The van der Waals surface area contributed by atoms with Crippen molar-refractivity contribution in [3.63, 3.8) is 0 Å². The molecule has 1 aromatic heterocycles. The predicted molar refractivity (Wildman–Crippen MR) is 143 cm³/mol. The number of fused-ring (bicyclic) bond motifs is 4. The van der Waals surface area contributed by atoms with Crippen molar-refractivity contribution < 1.29 is 14.4 Å². The van der Waals surface area contributed by atoms with Crippen molar-refractivity contribution in [2.45, 2.75) is 38.8 Å². The quantitative estimate of drug-likeness (QED) is 0.380. The standard InChI is InChI=1S/C30H28N4O3/c1-3-16-31-28(35)21-13-7-9-15-24(21)34-29(36)25-17-22-20-12-6-8-14-23(20)32-26(22)27(33(25)30(34)37)19-11-5-4-10-18(19)2/h4-15,25,27,32H,3,16-17H2,1-2H3,(H,31,35). The van der Waals surface area contributed by atoms with E-state index >= 15 is 0 Å². The van der Waals surface area contributed by atoms with E-state index in [0.717, 1.165) is 39.7 Å². The van der Waals surface area contributed by atoms with Crippen molar-refractivity contribution in [3.8, 4) is 0 Å². The maximum Gasteiger partial charge on any atom is 0.332 e. The van der Waals surface area contributed by atoms with Crippen LogP contribution in [0.5, 0.6) is 0 Å². The zero-order chi connectivity index (χ0) is 25.7. The second kappa shape index (κ2) is 8.92. The van der Waals surface area contributed by atoms with Crippen LogP contribution in [0.4, 0.5) is 10.5 Å². The molecule has 0 spiro atoms. The Morgan fingerprint density at radius 3 is 2.54 bits per heavy atom. The molecule has 2 atom stereocenters. The first-order valence-electron chi connectivity index (χ1n) is 12.7. The summed E-state index contributed by atoms with van der Waals surface area (Å²) in [6.45, 7) is 4.51. The number of H-pyrrole nitrogens is 1. The van der Waals surface area contributed by atoms with Crippen LogP contribution in [0.3, 0.4) is 0 Å². The fourth-order valence-corrected chi connectivity index (χ4v) is 5.71. The molecule has 0 aliphatic carbocycles. The smallest absolute Gasteiger partial charge is 0.332 e. The molecule has 2 aliphatic rings. The van der Waals surface area contributed by atoms with Gasteiger partial charge < -0.3 is 10.3 Å². The van der Waals surface area contributed by atoms with E-state index in [1.807, 2.05) is 56.3 Å². The van der Waals surface area contributed by atoms with Crippen molar-refractivity contribution >= 4 is 34.4 Å². The molecule has 2 N–H and O–H groups in total. The highest BCUT2D eigenvalue weighted by atomic mass is 16.2. The van der Waals surface area contributed by atoms with E-state index in [-0.39, 0.29) is 11.8 Å². The number of rotatable bonds is 5. The van der Waals surface area contributed by atoms with Gasteiger partial charge in [-0.25, -0.2) is 9.69 Å². The molecule has 2 unspecified atom stereocenters. The van der Waals surface area contributed by atoms with Gasteiger partial charge in [-0.15, -0.1) is 0 Å². The topological polar surface area (TPSA) is 85.5 Å². The first-order chi connectivity index (χ1) is 18.0. The molecule has 1 saturated heterocycles. The van der Waals surface area contributed by atoms with E-state index in [1.165, 1.54) is 4.90 Å². The van der Waals surface area contributed by atoms with Gasteiger partial charge in [0.2, 0.25) is 0 Å². The zero-order valence-corrected chi connectivity index (χ0v) is 20.8. The number of hydrogen-bond donors (Lipinski definition) is 2. The second-order valence-corrected chi connectivity index (χ2v) is 9.68. The highest BCUT2D eigenvalue weighted by Crippen LogP contribution is 2.45. The van der Waals surface area contributed by atoms with E-state index in [2.05, 4.69) is 16.4 Å². The normalized spacial score (nSPS) is 18.8. The summed E-state index contributed by atoms with van der Waals surface area (Å²) in [5.74, 6) is -0.607. The molecule has 3 heterocycles. The summed E-state index contributed by atoms with van der Waals surface area (Å²) in [4.78, 5) is 47.5. The Morgan fingerprint density at radius 2 is 1.73 bits per heavy atom. The van der Waals surface area contributed by atoms with Gasteiger partial charge >= 0.3 is 6.03 Å². The molecule has 2 aliphatic heterocycles. The van der Waals surface area contributed by atoms with Crippen LogP contribution in [0.15, 0.2) is 72.8 Å². The first-order valence-corrected chi connectivity index (χ1v) is 12.7. The Labute approximate surface area is 215 Å². The van der Waals surface area contributed by atoms with Crippen molar-refractivity contribution in [2.24, 2.45) is 0 Å². The third kappa shape index (κ3) is 3.53. The number of aromatic nitrogens is 1. The number of benzene rings is 3. The molecule has 6 rings (SSSR count). The summed E-state index contributed by atoms with van der Waals surface area (Å²) in [7, 11) is 0. The molecule has 1 fully saturated rings. The van der Waals surface area contributed by atoms with E-state index < -0.39 is 18.1 Å². The number of hydrogen-bond acceptors (Lipinski definition) is 3. The average Bonchev–Trinajstić information content (AvgIpc) is 3.41. The number of carbonyl (C=O) groups is 3. The lowest BCUT2D eigenvalue weighted by Gasteiger charge is -2.36. The largest absolute Gasteiger partial charge is 0.356 e. The lowest BCUT2D eigenvalue weighted by molar-refractivity contribution is -0.120. The van der Waals surface area contributed by atoms with E-state index in [0.29, 0.717) is 24.2 Å². The van der Waals surface area contributed by atoms with Crippen molar-refractivity contribution in [3.05, 3.63) is 101 Å². The molecule has 0 bridgehead atoms. The Bertz CT molecular complexity index is 1560. The van der Waals surface area contributed by atoms with Crippen LogP contribution >= 0.6 is 0 Å². The van der Waals surface area contributed by atoms with Crippen LogP contribution in [0.2, 0.25) is 0 Å². The monoisotopic (exact) mass is 492 g/mol. The number of para-hydroxylation sites is 2. The number of anilines is 1. The molecular formula is C30H28N4O3. The number of amides is 4. The minimum atomic E-state index is -0.671. The van der Waals surface area contributed by atoms with Gasteiger partial charge in [-0.05, 0) is 48.2 Å². The third-order valence-electron chi connectivity index (χ3n) is 7.46. The number of aryl methyl sites for hydroxylation is 1. The Kier molecular flexibility index (Phi) is 5.56. The van der Waals surface area contributed by atoms with Crippen LogP contribution in [0, 0.1) is 6.92 Å². The van der Waals surface area contributed by atoms with Gasteiger partial charge in [-0.2, -0.15) is 0 Å². The summed E-state index contributed by atoms with van der Waals surface area (Å²) < 4.78 is 0. The van der Waals surface area contributed by atoms with Crippen LogP contribution in [0.1, 0.15) is 52.1 Å². The van der Waals surface area contributed by atoms with Crippen molar-refractivity contribution in [1.82, 2.24) is 15.2 Å². The highest BCUT2D eigenvalue weighted by molar-refractivity contribution is 6.24. The Hall–Kier alpha value is -4.39. The summed E-state index contributed by atoms with van der Waals surface area (Å²) in [6, 6.07) is 21.3. The maximum atomic E-state index is 14.1. The summed E-state index contributed by atoms with van der Waals surface area (Å²) in [5.41, 5.74) is 5.62. The van der Waals surface area contributed by atoms with Crippen molar-refractivity contribution in [1.29, 1.82) is 0 Å². The predicted octanol–water partition coefficient (Wildman–Crippen LogP) is 5.10. The number of imide groups is 1. The molecule has 3 aromatic carbocycles. The number of carbonyl (C=O) groups excluding carboxylic acids is 3. The lowest BCUT2D eigenvalue weighted by atomic mass is 9.87. The fourth-order valence-electron chi connectivity index (χ4n) is 5.71. The molecule has 0 saturated carbocycles. The van der Waals surface area contributed by atoms with Gasteiger partial charge in [0.15, 0.2) is 0 Å². The van der Waals surface area contributed by atoms with Crippen LogP contribution in [-0.2, 0) is 11.2 Å². The number of nitrogens with zero attached hydrogens (tertiary/aromatic N) is 2. The van der Waals surface area contributed by atoms with Gasteiger partial charge in [0, 0.05) is 29.6 Å². The van der Waals surface area contributed by atoms with Crippen LogP contribution < -0.4 is 10.2 Å². The van der Waals surface area contributed by atoms with Gasteiger partial charge in [-0.1, -0.05) is 61.5 Å². The SMILES string of the molecule is CCCNC(=O)c1ccccc1N1C(=O)C2Cc3c([nH]c4ccccc34)C(c3ccccc3C)N2C1=O. The second-order valence-electron chi connectivity index (χ2n) is 9.68. The number of urea groups is 1. The van der Waals surface area contributed by atoms with E-state index in [4.69, 9.17) is 0 Å². The molecule has 4 aromatic rings. The summed E-state index contributed by atoms with van der Waals surface area (Å²) in [6.07, 6.45) is 1.20. The zero-order valence-electron chi connectivity index (χ0n) is 20.8. The van der Waals surface area contributed by atoms with E-state index in [9.17, 15) is 14.4 Å². The van der Waals surface area contributed by atoms with Gasteiger partial charge in [0.05, 0.1) is 11.3 Å². The number of nitrogens with one attached hydrogen (secondary N) is 2. The molecule has 4 amide bonds. The first kappa shape index (κ1) is 23.0. The van der Waals surface area contributed by atoms with Gasteiger partial charge in [0.25, 0.3) is 11.8 Å². The Morgan fingerprint density at radius 1 is 1.00 bits per heavy atom. The molecule has 7 heteroatoms. The van der Waals surface area contributed by atoms with E-state index in [1.54, 1.807) is 29.2 Å². The highest BCUT2D eigenvalue weighted by Gasteiger charge is 2.53. The third-order valence-corrected chi connectivity index (χ3v) is 7.46. The van der Waals surface area contributed by atoms with Crippen molar-refractivity contribution in [2.75, 3.05) is 11.4 Å². The molecule has 37 heavy (non-hydrogen) atoms. The minimum absolute atomic E-state index is 0.297. The maximum absolute atomic E-state index is 14.1. The fraction of sp³-hybridized carbons (Fsp3) is 0.233. The average molecular weight is 493 g/mol. The molecule has 186 valence electrons. The Balaban J connectivity index is 1.50. The molecule has 7 nitrogen and oxygen atoms in total. The van der Waals surface area contributed by atoms with Crippen LogP contribution in [0.25, 0.3) is 10.9 Å².